The van der Waals surface area contributed by atoms with Gasteiger partial charge in [0.2, 0.25) is 0 Å². The average molecular weight is 265 g/mol. The fraction of sp³-hybridized carbons (Fsp3) is 0.909. The van der Waals surface area contributed by atoms with Crippen molar-refractivity contribution >= 4 is 27.4 Å². The van der Waals surface area contributed by atoms with Gasteiger partial charge in [-0.1, -0.05) is 0 Å². The minimum Gasteiger partial charge on any atom is -0.381 e. The molecule has 96 valence electrons. The van der Waals surface area contributed by atoms with Crippen LogP contribution >= 0.6 is 22.2 Å². The molecular formula is C11H23NO2S2. The summed E-state index contributed by atoms with van der Waals surface area (Å²) in [4.78, 5) is 3.76. The van der Waals surface area contributed by atoms with Crippen LogP contribution in [0.3, 0.4) is 0 Å². The van der Waals surface area contributed by atoms with E-state index < -0.39 is 10.0 Å². The Bertz CT molecular complexity index is 211. The molecule has 0 heterocycles. The largest absolute Gasteiger partial charge is 0.381 e. The highest BCUT2D eigenvalue weighted by Crippen LogP contribution is 2.33. The van der Waals surface area contributed by atoms with Gasteiger partial charge in [0.25, 0.3) is 0 Å². The predicted molar refractivity (Wildman–Crippen MR) is 76.4 cm³/mol. The van der Waals surface area contributed by atoms with Crippen molar-refractivity contribution in [1.29, 1.82) is 0 Å². The van der Waals surface area contributed by atoms with Gasteiger partial charge in [0.1, 0.15) is 0 Å². The van der Waals surface area contributed by atoms with E-state index >= 15 is 0 Å². The normalized spacial score (nSPS) is 12.2. The Morgan fingerprint density at radius 1 is 1.06 bits per heavy atom. The van der Waals surface area contributed by atoms with Crippen LogP contribution in [0.5, 0.6) is 0 Å². The number of thiocarbonyl (C=S) groups is 1. The third-order valence-electron chi connectivity index (χ3n) is 1.83. The van der Waals surface area contributed by atoms with Crippen molar-refractivity contribution < 1.29 is 9.47 Å². The topological polar surface area (TPSA) is 30.8 Å². The summed E-state index contributed by atoms with van der Waals surface area (Å²) in [7, 11) is -0.417. The van der Waals surface area contributed by atoms with Crippen molar-refractivity contribution in [3.63, 3.8) is 0 Å². The van der Waals surface area contributed by atoms with E-state index in [1.165, 1.54) is 5.75 Å². The van der Waals surface area contributed by atoms with Gasteiger partial charge in [-0.2, -0.15) is 0 Å². The van der Waals surface area contributed by atoms with Gasteiger partial charge < -0.3 is 9.47 Å². The number of hydrogen-bond acceptors (Lipinski definition) is 4. The van der Waals surface area contributed by atoms with E-state index in [0.29, 0.717) is 13.2 Å². The van der Waals surface area contributed by atoms with Crippen molar-refractivity contribution in [2.75, 3.05) is 57.5 Å². The number of ether oxygens (including phenoxy) is 2. The molecule has 0 radical (unpaired) electrons. The molecule has 0 aromatic rings. The summed E-state index contributed by atoms with van der Waals surface area (Å²) in [5.41, 5.74) is 0. The second-order valence-corrected chi connectivity index (χ2v) is 9.12. The third kappa shape index (κ3) is 14.1. The van der Waals surface area contributed by atoms with Crippen LogP contribution < -0.4 is 0 Å². The molecule has 0 fully saturated rings. The van der Waals surface area contributed by atoms with E-state index in [4.69, 9.17) is 9.47 Å². The van der Waals surface area contributed by atoms with Crippen molar-refractivity contribution in [2.24, 2.45) is 4.99 Å². The lowest BCUT2D eigenvalue weighted by Gasteiger charge is -2.24. The molecule has 16 heavy (non-hydrogen) atoms. The summed E-state index contributed by atoms with van der Waals surface area (Å²) in [5, 5.41) is 2.31. The SMILES string of the molecule is CS(C)(C)CCOCCCOCCN=C=S. The molecule has 0 aromatic carbocycles. The summed E-state index contributed by atoms with van der Waals surface area (Å²) in [6.45, 7) is 3.61. The Morgan fingerprint density at radius 2 is 1.69 bits per heavy atom. The van der Waals surface area contributed by atoms with Gasteiger partial charge in [-0.05, 0) is 37.4 Å². The summed E-state index contributed by atoms with van der Waals surface area (Å²) in [5.74, 6) is 1.18. The smallest absolute Gasteiger partial charge is 0.0727 e. The fourth-order valence-electron chi connectivity index (χ4n) is 0.932. The second kappa shape index (κ2) is 10.2. The monoisotopic (exact) mass is 265 g/mol. The molecule has 5 heteroatoms. The maximum atomic E-state index is 5.53. The molecule has 0 unspecified atom stereocenters. The first-order valence-corrected chi connectivity index (χ1v) is 8.85. The van der Waals surface area contributed by atoms with Crippen molar-refractivity contribution in [3.05, 3.63) is 0 Å². The zero-order valence-electron chi connectivity index (χ0n) is 10.5. The molecule has 0 aliphatic rings. The van der Waals surface area contributed by atoms with Crippen LogP contribution in [-0.4, -0.2) is 62.7 Å². The van der Waals surface area contributed by atoms with Crippen LogP contribution in [0.2, 0.25) is 0 Å². The number of hydrogen-bond donors (Lipinski definition) is 0. The zero-order chi connectivity index (χ0) is 12.3. The van der Waals surface area contributed by atoms with Crippen LogP contribution in [0.25, 0.3) is 0 Å². The average Bonchev–Trinajstić information content (AvgIpc) is 2.19. The van der Waals surface area contributed by atoms with Crippen LogP contribution in [-0.2, 0) is 9.47 Å². The Labute approximate surface area is 106 Å². The van der Waals surface area contributed by atoms with Gasteiger partial charge in [-0.3, -0.25) is 0 Å². The lowest BCUT2D eigenvalue weighted by Crippen LogP contribution is -2.09. The molecule has 0 rings (SSSR count). The molecule has 0 aromatic heterocycles. The lowest BCUT2D eigenvalue weighted by atomic mass is 10.5. The lowest BCUT2D eigenvalue weighted by molar-refractivity contribution is 0.0925. The Balaban J connectivity index is 3.07. The molecule has 0 saturated carbocycles. The molecule has 0 bridgehead atoms. The van der Waals surface area contributed by atoms with Crippen molar-refractivity contribution in [2.45, 2.75) is 6.42 Å². The zero-order valence-corrected chi connectivity index (χ0v) is 12.2. The molecule has 0 spiro atoms. The van der Waals surface area contributed by atoms with Crippen LogP contribution in [0.4, 0.5) is 0 Å². The number of nitrogens with zero attached hydrogens (tertiary/aromatic N) is 1. The first-order valence-electron chi connectivity index (χ1n) is 5.41. The van der Waals surface area contributed by atoms with Gasteiger partial charge in [0, 0.05) is 19.0 Å². The predicted octanol–water partition coefficient (Wildman–Crippen LogP) is 2.21. The number of isothiocyanates is 1. The van der Waals surface area contributed by atoms with Gasteiger partial charge in [0.15, 0.2) is 0 Å². The highest BCUT2D eigenvalue weighted by molar-refractivity contribution is 8.32. The highest BCUT2D eigenvalue weighted by Gasteiger charge is 2.02. The van der Waals surface area contributed by atoms with Crippen LogP contribution in [0.15, 0.2) is 4.99 Å². The first kappa shape index (κ1) is 16.1. The van der Waals surface area contributed by atoms with E-state index in [2.05, 4.69) is 41.1 Å². The molecule has 0 aliphatic carbocycles. The summed E-state index contributed by atoms with van der Waals surface area (Å²) in [6.07, 6.45) is 7.85. The van der Waals surface area contributed by atoms with Gasteiger partial charge in [-0.15, -0.1) is 0 Å². The minimum absolute atomic E-state index is 0.417. The quantitative estimate of drug-likeness (QED) is 0.345. The van der Waals surface area contributed by atoms with E-state index in [0.717, 1.165) is 26.2 Å². The van der Waals surface area contributed by atoms with Crippen LogP contribution in [0.1, 0.15) is 6.42 Å². The maximum absolute atomic E-state index is 5.53. The standard InChI is InChI=1S/C11H23NO2S2/c1-16(2,3)10-9-14-7-4-6-13-8-5-12-11-15/h4-10H2,1-3H3. The van der Waals surface area contributed by atoms with Crippen molar-refractivity contribution in [1.82, 2.24) is 0 Å². The Hall–Kier alpha value is 0.0700. The van der Waals surface area contributed by atoms with E-state index in [1.54, 1.807) is 0 Å². The molecule has 0 aliphatic heterocycles. The van der Waals surface area contributed by atoms with E-state index in [1.807, 2.05) is 0 Å². The molecule has 3 nitrogen and oxygen atoms in total. The highest BCUT2D eigenvalue weighted by atomic mass is 32.3. The molecule has 0 N–H and O–H groups in total. The molecular weight excluding hydrogens is 242 g/mol. The number of aliphatic imine (C=N–C) groups is 1. The van der Waals surface area contributed by atoms with E-state index in [-0.39, 0.29) is 0 Å². The molecule has 0 saturated heterocycles. The Kier molecular flexibility index (Phi) is 10.3. The maximum Gasteiger partial charge on any atom is 0.0727 e. The molecule has 0 atom stereocenters. The van der Waals surface area contributed by atoms with Crippen LogP contribution in [0, 0.1) is 0 Å². The summed E-state index contributed by atoms with van der Waals surface area (Å²) >= 11 is 4.44. The van der Waals surface area contributed by atoms with Gasteiger partial charge in [0.05, 0.1) is 24.9 Å². The first-order chi connectivity index (χ1) is 7.56. The summed E-state index contributed by atoms with van der Waals surface area (Å²) < 4.78 is 10.9. The Morgan fingerprint density at radius 3 is 2.25 bits per heavy atom. The van der Waals surface area contributed by atoms with Crippen molar-refractivity contribution in [3.8, 4) is 0 Å². The minimum atomic E-state index is -0.417. The summed E-state index contributed by atoms with van der Waals surface area (Å²) in [6, 6.07) is 0. The van der Waals surface area contributed by atoms with Gasteiger partial charge >= 0.3 is 0 Å². The molecule has 0 amide bonds. The third-order valence-corrected chi connectivity index (χ3v) is 3.35. The number of rotatable bonds is 10. The van der Waals surface area contributed by atoms with Gasteiger partial charge in [-0.25, -0.2) is 15.0 Å². The second-order valence-electron chi connectivity index (χ2n) is 4.35. The fourth-order valence-corrected chi connectivity index (χ4v) is 1.64. The van der Waals surface area contributed by atoms with E-state index in [9.17, 15) is 0 Å².